The molecule has 0 rings (SSSR count). The van der Waals surface area contributed by atoms with Gasteiger partial charge in [-0.15, -0.1) is 0 Å². The Morgan fingerprint density at radius 2 is 2.12 bits per heavy atom. The number of nitrogens with one attached hydrogen (secondary N) is 1. The molecular weight excluding hydrogens is 228 g/mol. The van der Waals surface area contributed by atoms with E-state index in [1.165, 1.54) is 4.90 Å². The largest absolute Gasteiger partial charge is 0.481 e. The monoisotopic (exact) mass is 248 g/mol. The van der Waals surface area contributed by atoms with Crippen molar-refractivity contribution in [2.24, 2.45) is 0 Å². The Kier molecular flexibility index (Phi) is 7.80. The highest BCUT2D eigenvalue weighted by atomic mass is 32.2. The molecule has 0 aliphatic heterocycles. The molecule has 0 saturated heterocycles. The maximum Gasteiger partial charge on any atom is 0.317 e. The predicted octanol–water partition coefficient (Wildman–Crippen LogP) is 1.24. The Balaban J connectivity index is 3.67. The highest BCUT2D eigenvalue weighted by Gasteiger charge is 2.09. The standard InChI is InChI=1S/C10H20N2O3S/c1-8(16-3)4-6-11-10(15)12(2)7-5-9(13)14/h8H,4-7H2,1-3H3,(H,11,15)(H,13,14). The van der Waals surface area contributed by atoms with Crippen LogP contribution in [0.3, 0.4) is 0 Å². The van der Waals surface area contributed by atoms with Crippen LogP contribution in [0.5, 0.6) is 0 Å². The van der Waals surface area contributed by atoms with Gasteiger partial charge in [-0.1, -0.05) is 6.92 Å². The third kappa shape index (κ3) is 7.39. The zero-order chi connectivity index (χ0) is 12.6. The van der Waals surface area contributed by atoms with Crippen LogP contribution < -0.4 is 5.32 Å². The van der Waals surface area contributed by atoms with E-state index in [1.807, 2.05) is 6.26 Å². The first-order valence-corrected chi connectivity index (χ1v) is 6.49. The van der Waals surface area contributed by atoms with Gasteiger partial charge < -0.3 is 15.3 Å². The number of carboxylic acids is 1. The summed E-state index contributed by atoms with van der Waals surface area (Å²) in [6.45, 7) is 2.96. The third-order valence-corrected chi connectivity index (χ3v) is 3.28. The van der Waals surface area contributed by atoms with E-state index in [2.05, 4.69) is 12.2 Å². The molecule has 5 nitrogen and oxygen atoms in total. The van der Waals surface area contributed by atoms with E-state index in [-0.39, 0.29) is 19.0 Å². The molecule has 0 aromatic rings. The van der Waals surface area contributed by atoms with Gasteiger partial charge in [0.25, 0.3) is 0 Å². The third-order valence-electron chi connectivity index (χ3n) is 2.24. The number of carboxylic acid groups (broad SMARTS) is 1. The molecule has 0 spiro atoms. The summed E-state index contributed by atoms with van der Waals surface area (Å²) in [5.41, 5.74) is 0. The van der Waals surface area contributed by atoms with Crippen LogP contribution in [0.25, 0.3) is 0 Å². The normalized spacial score (nSPS) is 11.9. The summed E-state index contributed by atoms with van der Waals surface area (Å²) < 4.78 is 0. The molecule has 0 fully saturated rings. The van der Waals surface area contributed by atoms with Crippen LogP contribution in [0.15, 0.2) is 0 Å². The lowest BCUT2D eigenvalue weighted by molar-refractivity contribution is -0.137. The van der Waals surface area contributed by atoms with Gasteiger partial charge in [0, 0.05) is 25.4 Å². The van der Waals surface area contributed by atoms with Crippen LogP contribution in [0, 0.1) is 0 Å². The van der Waals surface area contributed by atoms with E-state index in [4.69, 9.17) is 5.11 Å². The van der Waals surface area contributed by atoms with E-state index in [1.54, 1.807) is 18.8 Å². The minimum Gasteiger partial charge on any atom is -0.481 e. The van der Waals surface area contributed by atoms with E-state index in [0.717, 1.165) is 6.42 Å². The van der Waals surface area contributed by atoms with Crippen LogP contribution in [-0.4, -0.2) is 53.6 Å². The van der Waals surface area contributed by atoms with Gasteiger partial charge in [-0.3, -0.25) is 4.79 Å². The molecule has 0 aliphatic carbocycles. The maximum absolute atomic E-state index is 11.4. The number of carbonyl (C=O) groups excluding carboxylic acids is 1. The molecule has 6 heteroatoms. The molecule has 94 valence electrons. The number of hydrogen-bond donors (Lipinski definition) is 2. The van der Waals surface area contributed by atoms with Crippen LogP contribution in [0.1, 0.15) is 19.8 Å². The van der Waals surface area contributed by atoms with Crippen LogP contribution in [0.4, 0.5) is 4.79 Å². The van der Waals surface area contributed by atoms with Crippen molar-refractivity contribution < 1.29 is 14.7 Å². The molecule has 0 aromatic carbocycles. The van der Waals surface area contributed by atoms with Gasteiger partial charge >= 0.3 is 12.0 Å². The Morgan fingerprint density at radius 1 is 1.50 bits per heavy atom. The molecule has 16 heavy (non-hydrogen) atoms. The molecule has 0 aromatic heterocycles. The second-order valence-corrected chi connectivity index (χ2v) is 4.91. The number of rotatable bonds is 7. The van der Waals surface area contributed by atoms with Crippen molar-refractivity contribution in [3.05, 3.63) is 0 Å². The minimum absolute atomic E-state index is 0.0227. The Morgan fingerprint density at radius 3 is 2.62 bits per heavy atom. The summed E-state index contributed by atoms with van der Waals surface area (Å²) >= 11 is 1.76. The van der Waals surface area contributed by atoms with Gasteiger partial charge in [-0.05, 0) is 12.7 Å². The number of hydrogen-bond acceptors (Lipinski definition) is 3. The SMILES string of the molecule is CSC(C)CCNC(=O)N(C)CCC(=O)O. The smallest absolute Gasteiger partial charge is 0.317 e. The first-order chi connectivity index (χ1) is 7.47. The van der Waals surface area contributed by atoms with Crippen molar-refractivity contribution in [2.45, 2.75) is 25.0 Å². The summed E-state index contributed by atoms with van der Waals surface area (Å²) in [5, 5.41) is 11.7. The Labute approximate surface area is 101 Å². The molecule has 1 unspecified atom stereocenters. The van der Waals surface area contributed by atoms with Gasteiger partial charge in [0.2, 0.25) is 0 Å². The molecule has 1 atom stereocenters. The molecule has 2 amide bonds. The van der Waals surface area contributed by atoms with Gasteiger partial charge in [0.1, 0.15) is 0 Å². The van der Waals surface area contributed by atoms with Crippen LogP contribution in [-0.2, 0) is 4.79 Å². The lowest BCUT2D eigenvalue weighted by atomic mass is 10.3. The van der Waals surface area contributed by atoms with Crippen molar-refractivity contribution in [3.63, 3.8) is 0 Å². The highest BCUT2D eigenvalue weighted by Crippen LogP contribution is 2.07. The molecule has 0 aliphatic rings. The summed E-state index contributed by atoms with van der Waals surface area (Å²) in [4.78, 5) is 23.1. The van der Waals surface area contributed by atoms with Gasteiger partial charge in [-0.2, -0.15) is 11.8 Å². The summed E-state index contributed by atoms with van der Waals surface area (Å²) in [5.74, 6) is -0.893. The quantitative estimate of drug-likeness (QED) is 0.711. The van der Waals surface area contributed by atoms with Crippen molar-refractivity contribution in [1.29, 1.82) is 0 Å². The lowest BCUT2D eigenvalue weighted by Gasteiger charge is -2.17. The number of aliphatic carboxylic acids is 1. The fourth-order valence-corrected chi connectivity index (χ4v) is 1.35. The maximum atomic E-state index is 11.4. The van der Waals surface area contributed by atoms with Crippen LogP contribution in [0.2, 0.25) is 0 Å². The molecule has 0 heterocycles. The van der Waals surface area contributed by atoms with E-state index >= 15 is 0 Å². The lowest BCUT2D eigenvalue weighted by Crippen LogP contribution is -2.39. The molecule has 2 N–H and O–H groups in total. The second kappa shape index (κ2) is 8.27. The first kappa shape index (κ1) is 15.1. The average molecular weight is 248 g/mol. The fourth-order valence-electron chi connectivity index (χ4n) is 1.00. The van der Waals surface area contributed by atoms with E-state index in [0.29, 0.717) is 11.8 Å². The Hall–Kier alpha value is -0.910. The van der Waals surface area contributed by atoms with Gasteiger partial charge in [-0.25, -0.2) is 4.79 Å². The van der Waals surface area contributed by atoms with Gasteiger partial charge in [0.05, 0.1) is 6.42 Å². The van der Waals surface area contributed by atoms with Crippen molar-refractivity contribution in [2.75, 3.05) is 26.4 Å². The fraction of sp³-hybridized carbons (Fsp3) is 0.800. The minimum atomic E-state index is -0.893. The topological polar surface area (TPSA) is 69.6 Å². The molecule has 0 saturated carbocycles. The first-order valence-electron chi connectivity index (χ1n) is 5.21. The van der Waals surface area contributed by atoms with E-state index in [9.17, 15) is 9.59 Å². The number of carbonyl (C=O) groups is 2. The van der Waals surface area contributed by atoms with Crippen molar-refractivity contribution in [1.82, 2.24) is 10.2 Å². The zero-order valence-corrected chi connectivity index (χ0v) is 10.8. The van der Waals surface area contributed by atoms with E-state index < -0.39 is 5.97 Å². The predicted molar refractivity (Wildman–Crippen MR) is 65.9 cm³/mol. The highest BCUT2D eigenvalue weighted by molar-refractivity contribution is 7.99. The number of nitrogens with zero attached hydrogens (tertiary/aromatic N) is 1. The number of amides is 2. The van der Waals surface area contributed by atoms with Crippen LogP contribution >= 0.6 is 11.8 Å². The second-order valence-electron chi connectivity index (χ2n) is 3.63. The summed E-state index contributed by atoms with van der Waals surface area (Å²) in [6, 6.07) is -0.213. The zero-order valence-electron chi connectivity index (χ0n) is 10.0. The average Bonchev–Trinajstić information content (AvgIpc) is 2.25. The molecule has 0 radical (unpaired) electrons. The molecule has 0 bridgehead atoms. The van der Waals surface area contributed by atoms with Gasteiger partial charge in [0.15, 0.2) is 0 Å². The number of urea groups is 1. The van der Waals surface area contributed by atoms with Crippen molar-refractivity contribution >= 4 is 23.8 Å². The Bertz CT molecular complexity index is 236. The summed E-state index contributed by atoms with van der Waals surface area (Å²) in [6.07, 6.45) is 2.93. The summed E-state index contributed by atoms with van der Waals surface area (Å²) in [7, 11) is 1.59. The van der Waals surface area contributed by atoms with Crippen molar-refractivity contribution in [3.8, 4) is 0 Å². The molecular formula is C10H20N2O3S. The number of thioether (sulfide) groups is 1.